The summed E-state index contributed by atoms with van der Waals surface area (Å²) >= 11 is 0. The molecule has 0 saturated carbocycles. The molecular formula is C10H12N2O. The fourth-order valence-electron chi connectivity index (χ4n) is 1.22. The van der Waals surface area contributed by atoms with Crippen molar-refractivity contribution in [3.8, 4) is 12.3 Å². The van der Waals surface area contributed by atoms with Crippen LogP contribution in [-0.4, -0.2) is 9.55 Å². The highest BCUT2D eigenvalue weighted by atomic mass is 16.1. The van der Waals surface area contributed by atoms with Crippen molar-refractivity contribution in [2.24, 2.45) is 0 Å². The lowest BCUT2D eigenvalue weighted by molar-refractivity contribution is 0.640. The van der Waals surface area contributed by atoms with Gasteiger partial charge in [-0.15, -0.1) is 12.3 Å². The lowest BCUT2D eigenvalue weighted by atomic mass is 10.3. The molecule has 1 heterocycles. The summed E-state index contributed by atoms with van der Waals surface area (Å²) in [6.45, 7) is 4.24. The van der Waals surface area contributed by atoms with Crippen molar-refractivity contribution in [2.75, 3.05) is 0 Å². The minimum Gasteiger partial charge on any atom is -0.296 e. The third-order valence-electron chi connectivity index (χ3n) is 1.83. The molecular weight excluding hydrogens is 164 g/mol. The maximum absolute atomic E-state index is 11.3. The van der Waals surface area contributed by atoms with Crippen LogP contribution < -0.4 is 5.69 Å². The molecule has 0 spiro atoms. The molecule has 3 heteroatoms. The first-order valence-corrected chi connectivity index (χ1v) is 4.13. The van der Waals surface area contributed by atoms with E-state index in [1.54, 1.807) is 11.5 Å². The molecule has 0 amide bonds. The molecule has 0 fully saturated rings. The molecule has 1 aromatic heterocycles. The zero-order valence-corrected chi connectivity index (χ0v) is 7.87. The van der Waals surface area contributed by atoms with E-state index in [4.69, 9.17) is 6.42 Å². The number of hydrogen-bond acceptors (Lipinski definition) is 2. The van der Waals surface area contributed by atoms with Crippen LogP contribution in [0.2, 0.25) is 0 Å². The lowest BCUT2D eigenvalue weighted by Gasteiger charge is -2.06. The van der Waals surface area contributed by atoms with Gasteiger partial charge in [-0.2, -0.15) is 4.98 Å². The van der Waals surface area contributed by atoms with E-state index in [9.17, 15) is 4.79 Å². The van der Waals surface area contributed by atoms with Gasteiger partial charge in [-0.3, -0.25) is 4.57 Å². The maximum atomic E-state index is 11.3. The SMILES string of the molecule is C#CCCn1c(C)cc(C)nc1=O. The predicted octanol–water partition coefficient (Wildman–Crippen LogP) is 0.883. The van der Waals surface area contributed by atoms with Gasteiger partial charge < -0.3 is 0 Å². The van der Waals surface area contributed by atoms with Crippen molar-refractivity contribution >= 4 is 0 Å². The molecule has 0 aliphatic carbocycles. The molecule has 1 aromatic rings. The van der Waals surface area contributed by atoms with Crippen molar-refractivity contribution in [2.45, 2.75) is 26.8 Å². The smallest absolute Gasteiger partial charge is 0.296 e. The summed E-state index contributed by atoms with van der Waals surface area (Å²) in [6, 6.07) is 1.87. The van der Waals surface area contributed by atoms with Gasteiger partial charge in [0.1, 0.15) is 0 Å². The zero-order chi connectivity index (χ0) is 9.84. The molecule has 0 atom stereocenters. The number of aryl methyl sites for hydroxylation is 2. The molecule has 13 heavy (non-hydrogen) atoms. The minimum absolute atomic E-state index is 0.215. The Morgan fingerprint density at radius 2 is 2.31 bits per heavy atom. The van der Waals surface area contributed by atoms with Gasteiger partial charge in [0, 0.05) is 24.4 Å². The standard InChI is InChI=1S/C10H12N2O/c1-4-5-6-12-9(3)7-8(2)11-10(12)13/h1,7H,5-6H2,2-3H3. The van der Waals surface area contributed by atoms with E-state index in [1.165, 1.54) is 0 Å². The highest BCUT2D eigenvalue weighted by Crippen LogP contribution is 1.97. The fraction of sp³-hybridized carbons (Fsp3) is 0.400. The van der Waals surface area contributed by atoms with E-state index in [1.807, 2.05) is 13.0 Å². The summed E-state index contributed by atoms with van der Waals surface area (Å²) in [5.74, 6) is 2.50. The number of rotatable bonds is 2. The first kappa shape index (κ1) is 9.53. The molecule has 0 saturated heterocycles. The topological polar surface area (TPSA) is 34.9 Å². The van der Waals surface area contributed by atoms with Crippen LogP contribution in [0.3, 0.4) is 0 Å². The van der Waals surface area contributed by atoms with Gasteiger partial charge in [0.15, 0.2) is 0 Å². The summed E-state index contributed by atoms with van der Waals surface area (Å²) in [6.07, 6.45) is 5.68. The van der Waals surface area contributed by atoms with Crippen LogP contribution in [0.4, 0.5) is 0 Å². The third-order valence-corrected chi connectivity index (χ3v) is 1.83. The van der Waals surface area contributed by atoms with Crippen LogP contribution >= 0.6 is 0 Å². The second-order valence-electron chi connectivity index (χ2n) is 2.93. The molecule has 3 nitrogen and oxygen atoms in total. The van der Waals surface area contributed by atoms with Gasteiger partial charge in [-0.1, -0.05) is 0 Å². The van der Waals surface area contributed by atoms with Crippen molar-refractivity contribution < 1.29 is 0 Å². The van der Waals surface area contributed by atoms with E-state index < -0.39 is 0 Å². The van der Waals surface area contributed by atoms with E-state index in [0.29, 0.717) is 13.0 Å². The number of terminal acetylenes is 1. The Labute approximate surface area is 77.4 Å². The van der Waals surface area contributed by atoms with Crippen LogP contribution in [0.25, 0.3) is 0 Å². The van der Waals surface area contributed by atoms with Crippen LogP contribution in [-0.2, 0) is 6.54 Å². The van der Waals surface area contributed by atoms with Crippen molar-refractivity contribution in [1.82, 2.24) is 9.55 Å². The summed E-state index contributed by atoms with van der Waals surface area (Å²) in [4.78, 5) is 15.2. The van der Waals surface area contributed by atoms with E-state index in [0.717, 1.165) is 11.4 Å². The maximum Gasteiger partial charge on any atom is 0.347 e. The number of hydrogen-bond donors (Lipinski definition) is 0. The summed E-state index contributed by atoms with van der Waals surface area (Å²) in [7, 11) is 0. The van der Waals surface area contributed by atoms with Gasteiger partial charge in [-0.05, 0) is 19.9 Å². The largest absolute Gasteiger partial charge is 0.347 e. The first-order valence-electron chi connectivity index (χ1n) is 4.13. The van der Waals surface area contributed by atoms with Crippen molar-refractivity contribution in [3.05, 3.63) is 27.9 Å². The zero-order valence-electron chi connectivity index (χ0n) is 7.87. The summed E-state index contributed by atoms with van der Waals surface area (Å²) in [5, 5.41) is 0. The monoisotopic (exact) mass is 176 g/mol. The Morgan fingerprint density at radius 3 is 2.85 bits per heavy atom. The molecule has 68 valence electrons. The van der Waals surface area contributed by atoms with Gasteiger partial charge in [-0.25, -0.2) is 4.79 Å². The molecule has 1 rings (SSSR count). The fourth-order valence-corrected chi connectivity index (χ4v) is 1.22. The lowest BCUT2D eigenvalue weighted by Crippen LogP contribution is -2.25. The molecule has 0 aliphatic rings. The second kappa shape index (κ2) is 3.90. The molecule has 0 bridgehead atoms. The quantitative estimate of drug-likeness (QED) is 0.627. The highest BCUT2D eigenvalue weighted by molar-refractivity contribution is 5.06. The number of nitrogens with zero attached hydrogens (tertiary/aromatic N) is 2. The van der Waals surface area contributed by atoms with Crippen LogP contribution in [0.1, 0.15) is 17.8 Å². The van der Waals surface area contributed by atoms with Gasteiger partial charge in [0.2, 0.25) is 0 Å². The summed E-state index contributed by atoms with van der Waals surface area (Å²) in [5.41, 5.74) is 1.44. The second-order valence-corrected chi connectivity index (χ2v) is 2.93. The minimum atomic E-state index is -0.215. The normalized spacial score (nSPS) is 9.62. The van der Waals surface area contributed by atoms with Gasteiger partial charge >= 0.3 is 5.69 Å². The summed E-state index contributed by atoms with van der Waals surface area (Å²) < 4.78 is 1.59. The van der Waals surface area contributed by atoms with Gasteiger partial charge in [0.25, 0.3) is 0 Å². The Hall–Kier alpha value is -1.56. The van der Waals surface area contributed by atoms with E-state index >= 15 is 0 Å². The Morgan fingerprint density at radius 1 is 1.62 bits per heavy atom. The van der Waals surface area contributed by atoms with Crippen molar-refractivity contribution in [3.63, 3.8) is 0 Å². The number of aromatic nitrogens is 2. The third kappa shape index (κ3) is 2.19. The Bertz CT molecular complexity index is 398. The van der Waals surface area contributed by atoms with Crippen molar-refractivity contribution in [1.29, 1.82) is 0 Å². The van der Waals surface area contributed by atoms with Crippen LogP contribution in [0.5, 0.6) is 0 Å². The molecule has 0 aliphatic heterocycles. The predicted molar refractivity (Wildman–Crippen MR) is 51.4 cm³/mol. The van der Waals surface area contributed by atoms with Crippen LogP contribution in [0.15, 0.2) is 10.9 Å². The molecule has 0 radical (unpaired) electrons. The molecule has 0 unspecified atom stereocenters. The van der Waals surface area contributed by atoms with E-state index in [2.05, 4.69) is 10.9 Å². The average Bonchev–Trinajstić information content (AvgIpc) is 2.02. The first-order chi connectivity index (χ1) is 6.15. The molecule has 0 N–H and O–H groups in total. The highest BCUT2D eigenvalue weighted by Gasteiger charge is 2.00. The Kier molecular flexibility index (Phi) is 2.86. The Balaban J connectivity index is 3.08. The van der Waals surface area contributed by atoms with E-state index in [-0.39, 0.29) is 5.69 Å². The van der Waals surface area contributed by atoms with Crippen LogP contribution in [0, 0.1) is 26.2 Å². The van der Waals surface area contributed by atoms with Gasteiger partial charge in [0.05, 0.1) is 0 Å². The molecule has 0 aromatic carbocycles. The average molecular weight is 176 g/mol.